The molecule has 1 N–H and O–H groups in total. The zero-order valence-corrected chi connectivity index (χ0v) is 7.97. The van der Waals surface area contributed by atoms with Crippen LogP contribution in [0.4, 0.5) is 10.1 Å². The van der Waals surface area contributed by atoms with Crippen molar-refractivity contribution in [3.8, 4) is 0 Å². The topological polar surface area (TPSA) is 29.9 Å². The van der Waals surface area contributed by atoms with Crippen molar-refractivity contribution in [2.24, 2.45) is 7.05 Å². The third-order valence-electron chi connectivity index (χ3n) is 2.62. The van der Waals surface area contributed by atoms with Crippen molar-refractivity contribution >= 4 is 5.69 Å². The summed E-state index contributed by atoms with van der Waals surface area (Å²) in [5.41, 5.74) is 1.04. The number of aromatic nitrogens is 2. The summed E-state index contributed by atoms with van der Waals surface area (Å²) in [6, 6.07) is 0. The average molecular weight is 183 g/mol. The van der Waals surface area contributed by atoms with Gasteiger partial charge in [0.15, 0.2) is 0 Å². The van der Waals surface area contributed by atoms with Crippen LogP contribution in [0.3, 0.4) is 0 Å². The summed E-state index contributed by atoms with van der Waals surface area (Å²) < 4.78 is 15.0. The van der Waals surface area contributed by atoms with Crippen LogP contribution in [0.1, 0.15) is 18.5 Å². The molecule has 0 saturated heterocycles. The molecule has 1 aromatic heterocycles. The first-order chi connectivity index (χ1) is 6.11. The van der Waals surface area contributed by atoms with Crippen molar-refractivity contribution < 1.29 is 4.39 Å². The molecule has 1 saturated carbocycles. The summed E-state index contributed by atoms with van der Waals surface area (Å²) in [7, 11) is 1.88. The quantitative estimate of drug-likeness (QED) is 0.772. The molecule has 4 heteroatoms. The van der Waals surface area contributed by atoms with Gasteiger partial charge in [-0.1, -0.05) is 0 Å². The number of nitrogens with zero attached hydrogens (tertiary/aromatic N) is 2. The van der Waals surface area contributed by atoms with Crippen LogP contribution in [0.15, 0.2) is 6.20 Å². The Hall–Kier alpha value is -1.06. The molecule has 0 aromatic carbocycles. The molecule has 0 spiro atoms. The van der Waals surface area contributed by atoms with E-state index < -0.39 is 5.67 Å². The van der Waals surface area contributed by atoms with Gasteiger partial charge >= 0.3 is 0 Å². The minimum atomic E-state index is -0.942. The van der Waals surface area contributed by atoms with Crippen LogP contribution in [0.5, 0.6) is 0 Å². The van der Waals surface area contributed by atoms with E-state index in [1.807, 2.05) is 14.0 Å². The molecule has 0 bridgehead atoms. The summed E-state index contributed by atoms with van der Waals surface area (Å²) in [6.07, 6.45) is 3.12. The predicted octanol–water partition coefficient (Wildman–Crippen LogP) is 1.64. The normalized spacial score (nSPS) is 18.7. The van der Waals surface area contributed by atoms with Gasteiger partial charge in [-0.15, -0.1) is 0 Å². The highest BCUT2D eigenvalue weighted by Crippen LogP contribution is 2.39. The van der Waals surface area contributed by atoms with E-state index in [1.54, 1.807) is 10.9 Å². The summed E-state index contributed by atoms with van der Waals surface area (Å²) >= 11 is 0. The molecule has 3 nitrogen and oxygen atoms in total. The zero-order chi connectivity index (χ0) is 9.47. The third-order valence-corrected chi connectivity index (χ3v) is 2.62. The van der Waals surface area contributed by atoms with Gasteiger partial charge in [-0.3, -0.25) is 4.68 Å². The van der Waals surface area contributed by atoms with Crippen LogP contribution in [0.2, 0.25) is 0 Å². The number of aryl methyl sites for hydroxylation is 1. The highest BCUT2D eigenvalue weighted by Gasteiger charge is 2.42. The fraction of sp³-hybridized carbons (Fsp3) is 0.667. The molecule has 0 radical (unpaired) electrons. The molecule has 0 amide bonds. The second-order valence-corrected chi connectivity index (χ2v) is 3.77. The van der Waals surface area contributed by atoms with Crippen LogP contribution in [-0.2, 0) is 7.05 Å². The molecule has 0 aliphatic heterocycles. The van der Waals surface area contributed by atoms with Crippen molar-refractivity contribution in [2.45, 2.75) is 25.4 Å². The van der Waals surface area contributed by atoms with Gasteiger partial charge < -0.3 is 5.32 Å². The summed E-state index contributed by atoms with van der Waals surface area (Å²) in [6.45, 7) is 2.38. The number of halogens is 1. The van der Waals surface area contributed by atoms with E-state index in [4.69, 9.17) is 0 Å². The molecule has 0 unspecified atom stereocenters. The fourth-order valence-electron chi connectivity index (χ4n) is 1.24. The minimum absolute atomic E-state index is 0.416. The van der Waals surface area contributed by atoms with Gasteiger partial charge in [0, 0.05) is 13.6 Å². The van der Waals surface area contributed by atoms with E-state index in [-0.39, 0.29) is 0 Å². The molecule has 1 aromatic rings. The molecule has 1 heterocycles. The molecule has 72 valence electrons. The van der Waals surface area contributed by atoms with Crippen LogP contribution in [0.25, 0.3) is 0 Å². The van der Waals surface area contributed by atoms with Crippen LogP contribution >= 0.6 is 0 Å². The Morgan fingerprint density at radius 3 is 2.85 bits per heavy atom. The van der Waals surface area contributed by atoms with Crippen molar-refractivity contribution in [3.63, 3.8) is 0 Å². The number of hydrogen-bond acceptors (Lipinski definition) is 2. The molecule has 1 aliphatic rings. The molecule has 13 heavy (non-hydrogen) atoms. The maximum atomic E-state index is 13.2. The average Bonchev–Trinajstić information content (AvgIpc) is 2.75. The Morgan fingerprint density at radius 1 is 1.69 bits per heavy atom. The number of anilines is 1. The highest BCUT2D eigenvalue weighted by atomic mass is 19.1. The van der Waals surface area contributed by atoms with Crippen LogP contribution in [-0.4, -0.2) is 22.0 Å². The van der Waals surface area contributed by atoms with Crippen molar-refractivity contribution in [1.29, 1.82) is 0 Å². The van der Waals surface area contributed by atoms with E-state index in [0.717, 1.165) is 11.4 Å². The number of hydrogen-bond donors (Lipinski definition) is 1. The van der Waals surface area contributed by atoms with Gasteiger partial charge in [0.2, 0.25) is 0 Å². The number of alkyl halides is 1. The predicted molar refractivity (Wildman–Crippen MR) is 49.5 cm³/mol. The Kier molecular flexibility index (Phi) is 1.78. The third kappa shape index (κ3) is 1.66. The summed E-state index contributed by atoms with van der Waals surface area (Å²) in [4.78, 5) is 0. The van der Waals surface area contributed by atoms with Gasteiger partial charge in [0.25, 0.3) is 0 Å². The fourth-order valence-corrected chi connectivity index (χ4v) is 1.24. The van der Waals surface area contributed by atoms with Crippen molar-refractivity contribution in [3.05, 3.63) is 11.9 Å². The first-order valence-electron chi connectivity index (χ1n) is 4.52. The molecule has 2 rings (SSSR count). The smallest absolute Gasteiger partial charge is 0.128 e. The van der Waals surface area contributed by atoms with Crippen molar-refractivity contribution in [1.82, 2.24) is 9.78 Å². The zero-order valence-electron chi connectivity index (χ0n) is 7.97. The van der Waals surface area contributed by atoms with E-state index in [9.17, 15) is 4.39 Å². The maximum Gasteiger partial charge on any atom is 0.128 e. The second-order valence-electron chi connectivity index (χ2n) is 3.77. The van der Waals surface area contributed by atoms with Crippen molar-refractivity contribution in [2.75, 3.05) is 11.9 Å². The second kappa shape index (κ2) is 2.72. The molecule has 1 fully saturated rings. The Morgan fingerprint density at radius 2 is 2.38 bits per heavy atom. The molecular formula is C9H14FN3. The van der Waals surface area contributed by atoms with Gasteiger partial charge in [-0.25, -0.2) is 4.39 Å². The largest absolute Gasteiger partial charge is 0.379 e. The first-order valence-corrected chi connectivity index (χ1v) is 4.52. The van der Waals surface area contributed by atoms with Gasteiger partial charge in [0.1, 0.15) is 5.67 Å². The lowest BCUT2D eigenvalue weighted by molar-refractivity contribution is 0.326. The summed E-state index contributed by atoms with van der Waals surface area (Å²) in [5, 5.41) is 7.15. The molecule has 0 atom stereocenters. The Bertz CT molecular complexity index is 315. The molecular weight excluding hydrogens is 169 g/mol. The number of rotatable bonds is 3. The highest BCUT2D eigenvalue weighted by molar-refractivity contribution is 5.46. The Balaban J connectivity index is 1.97. The van der Waals surface area contributed by atoms with E-state index >= 15 is 0 Å². The van der Waals surface area contributed by atoms with Gasteiger partial charge in [-0.2, -0.15) is 5.10 Å². The lowest BCUT2D eigenvalue weighted by Gasteiger charge is -2.07. The lowest BCUT2D eigenvalue weighted by atomic mass is 10.3. The van der Waals surface area contributed by atoms with E-state index in [1.165, 1.54) is 0 Å². The molecule has 1 aliphatic carbocycles. The van der Waals surface area contributed by atoms with Gasteiger partial charge in [0.05, 0.1) is 17.6 Å². The standard InChI is InChI=1S/C9H14FN3/c1-7-8(5-12-13(7)2)11-6-9(10)3-4-9/h5,11H,3-4,6H2,1-2H3. The van der Waals surface area contributed by atoms with E-state index in [2.05, 4.69) is 10.4 Å². The number of nitrogens with one attached hydrogen (secondary N) is 1. The Labute approximate surface area is 76.9 Å². The summed E-state index contributed by atoms with van der Waals surface area (Å²) in [5.74, 6) is 0. The van der Waals surface area contributed by atoms with E-state index in [0.29, 0.717) is 19.4 Å². The first kappa shape index (κ1) is 8.53. The van der Waals surface area contributed by atoms with Crippen LogP contribution < -0.4 is 5.32 Å². The SMILES string of the molecule is Cc1c(NCC2(F)CC2)cnn1C. The monoisotopic (exact) mass is 183 g/mol. The minimum Gasteiger partial charge on any atom is -0.379 e. The van der Waals surface area contributed by atoms with Gasteiger partial charge in [-0.05, 0) is 19.8 Å². The maximum absolute atomic E-state index is 13.2. The lowest BCUT2D eigenvalue weighted by Crippen LogP contribution is -2.16. The van der Waals surface area contributed by atoms with Crippen LogP contribution in [0, 0.1) is 6.92 Å².